The van der Waals surface area contributed by atoms with Crippen molar-refractivity contribution in [2.75, 3.05) is 26.1 Å². The molecular weight excluding hydrogens is 438 g/mol. The van der Waals surface area contributed by atoms with Gasteiger partial charge in [-0.2, -0.15) is 4.31 Å². The molecule has 0 radical (unpaired) electrons. The van der Waals surface area contributed by atoms with Crippen LogP contribution in [-0.4, -0.2) is 50.4 Å². The van der Waals surface area contributed by atoms with E-state index in [-0.39, 0.29) is 39.4 Å². The van der Waals surface area contributed by atoms with Gasteiger partial charge in [-0.25, -0.2) is 8.42 Å². The topological polar surface area (TPSA) is 128 Å². The first-order chi connectivity index (χ1) is 15.2. The van der Waals surface area contributed by atoms with Gasteiger partial charge in [-0.15, -0.1) is 0 Å². The van der Waals surface area contributed by atoms with Crippen molar-refractivity contribution in [2.24, 2.45) is 0 Å². The average molecular weight is 464 g/mol. The van der Waals surface area contributed by atoms with Crippen molar-refractivity contribution in [1.29, 1.82) is 0 Å². The maximum atomic E-state index is 13.3. The smallest absolute Gasteiger partial charge is 0.271 e. The summed E-state index contributed by atoms with van der Waals surface area (Å²) in [7, 11) is -1.17. The molecule has 0 aromatic heterocycles. The molecule has 2 aromatic carbocycles. The molecule has 1 atom stereocenters. The zero-order valence-electron chi connectivity index (χ0n) is 18.0. The molecule has 1 amide bonds. The number of rotatable bonds is 7. The number of ether oxygens (including phenoxy) is 2. The van der Waals surface area contributed by atoms with Gasteiger partial charge in [0, 0.05) is 30.3 Å². The average Bonchev–Trinajstić information content (AvgIpc) is 2.78. The lowest BCUT2D eigenvalue weighted by atomic mass is 10.1. The van der Waals surface area contributed by atoms with E-state index in [1.807, 2.05) is 6.92 Å². The van der Waals surface area contributed by atoms with E-state index in [0.29, 0.717) is 6.54 Å². The van der Waals surface area contributed by atoms with Crippen LogP contribution in [0.2, 0.25) is 0 Å². The molecule has 3 rings (SSSR count). The van der Waals surface area contributed by atoms with Crippen LogP contribution in [0.25, 0.3) is 0 Å². The van der Waals surface area contributed by atoms with Crippen LogP contribution in [0.4, 0.5) is 11.4 Å². The van der Waals surface area contributed by atoms with E-state index in [9.17, 15) is 23.3 Å². The number of carbonyl (C=O) groups excluding carboxylic acids is 1. The molecule has 1 saturated heterocycles. The number of nitro benzene ring substituents is 1. The Morgan fingerprint density at radius 2 is 1.81 bits per heavy atom. The van der Waals surface area contributed by atoms with Crippen molar-refractivity contribution in [1.82, 2.24) is 4.31 Å². The summed E-state index contributed by atoms with van der Waals surface area (Å²) >= 11 is 0. The third-order valence-electron chi connectivity index (χ3n) is 5.40. The minimum absolute atomic E-state index is 0.0580. The molecule has 1 unspecified atom stereocenters. The third-order valence-corrected chi connectivity index (χ3v) is 7.43. The first kappa shape index (κ1) is 23.5. The number of non-ortho nitro benzene ring substituents is 1. The fourth-order valence-electron chi connectivity index (χ4n) is 3.68. The predicted molar refractivity (Wildman–Crippen MR) is 118 cm³/mol. The molecule has 1 heterocycles. The molecule has 0 aliphatic carbocycles. The van der Waals surface area contributed by atoms with E-state index in [0.717, 1.165) is 19.3 Å². The van der Waals surface area contributed by atoms with Gasteiger partial charge in [0.1, 0.15) is 16.4 Å². The van der Waals surface area contributed by atoms with E-state index in [4.69, 9.17) is 9.47 Å². The number of anilines is 1. The monoisotopic (exact) mass is 463 g/mol. The Hall–Kier alpha value is -3.18. The SMILES string of the molecule is COc1ccc([N+](=O)[O-])cc1NC(=O)c1ccc(OC)c(S(=O)(=O)N2CCCCC2C)c1. The van der Waals surface area contributed by atoms with Crippen LogP contribution in [0.5, 0.6) is 11.5 Å². The van der Waals surface area contributed by atoms with Gasteiger partial charge in [0.15, 0.2) is 0 Å². The van der Waals surface area contributed by atoms with Crippen LogP contribution in [0.1, 0.15) is 36.5 Å². The molecule has 1 aliphatic rings. The highest BCUT2D eigenvalue weighted by atomic mass is 32.2. The quantitative estimate of drug-likeness (QED) is 0.492. The van der Waals surface area contributed by atoms with Crippen LogP contribution >= 0.6 is 0 Å². The summed E-state index contributed by atoms with van der Waals surface area (Å²) in [5, 5.41) is 13.6. The van der Waals surface area contributed by atoms with Crippen LogP contribution in [0.15, 0.2) is 41.3 Å². The molecule has 172 valence electrons. The summed E-state index contributed by atoms with van der Waals surface area (Å²) in [5.41, 5.74) is -0.0719. The van der Waals surface area contributed by atoms with E-state index < -0.39 is 20.9 Å². The van der Waals surface area contributed by atoms with Crippen molar-refractivity contribution in [3.8, 4) is 11.5 Å². The predicted octanol–water partition coefficient (Wildman–Crippen LogP) is 3.43. The Labute approximate surface area is 186 Å². The molecule has 1 N–H and O–H groups in total. The van der Waals surface area contributed by atoms with E-state index >= 15 is 0 Å². The van der Waals surface area contributed by atoms with Crippen LogP contribution < -0.4 is 14.8 Å². The highest BCUT2D eigenvalue weighted by Crippen LogP contribution is 2.33. The highest BCUT2D eigenvalue weighted by molar-refractivity contribution is 7.89. The van der Waals surface area contributed by atoms with E-state index in [1.165, 1.54) is 54.9 Å². The highest BCUT2D eigenvalue weighted by Gasteiger charge is 2.33. The Bertz CT molecular complexity index is 1130. The first-order valence-corrected chi connectivity index (χ1v) is 11.5. The maximum absolute atomic E-state index is 13.3. The molecule has 1 aliphatic heterocycles. The van der Waals surface area contributed by atoms with Gasteiger partial charge < -0.3 is 14.8 Å². The minimum Gasteiger partial charge on any atom is -0.495 e. The largest absolute Gasteiger partial charge is 0.495 e. The molecule has 32 heavy (non-hydrogen) atoms. The molecule has 1 fully saturated rings. The molecule has 2 aromatic rings. The van der Waals surface area contributed by atoms with Gasteiger partial charge in [-0.1, -0.05) is 6.42 Å². The number of nitrogens with one attached hydrogen (secondary N) is 1. The normalized spacial score (nSPS) is 16.9. The van der Waals surface area contributed by atoms with Gasteiger partial charge in [0.05, 0.1) is 24.8 Å². The van der Waals surface area contributed by atoms with Crippen LogP contribution in [-0.2, 0) is 10.0 Å². The number of nitrogens with zero attached hydrogens (tertiary/aromatic N) is 2. The number of hydrogen-bond donors (Lipinski definition) is 1. The lowest BCUT2D eigenvalue weighted by Gasteiger charge is -2.32. The molecule has 11 heteroatoms. The molecule has 0 saturated carbocycles. The zero-order chi connectivity index (χ0) is 23.5. The van der Waals surface area contributed by atoms with Gasteiger partial charge in [-0.3, -0.25) is 14.9 Å². The zero-order valence-corrected chi connectivity index (χ0v) is 18.8. The van der Waals surface area contributed by atoms with Crippen molar-refractivity contribution >= 4 is 27.3 Å². The Morgan fingerprint density at radius 1 is 1.12 bits per heavy atom. The number of methoxy groups -OCH3 is 2. The minimum atomic E-state index is -3.90. The van der Waals surface area contributed by atoms with Gasteiger partial charge >= 0.3 is 0 Å². The summed E-state index contributed by atoms with van der Waals surface area (Å²) < 4.78 is 38.5. The summed E-state index contributed by atoms with van der Waals surface area (Å²) in [6.07, 6.45) is 2.48. The Morgan fingerprint density at radius 3 is 2.44 bits per heavy atom. The fourth-order valence-corrected chi connectivity index (χ4v) is 5.56. The first-order valence-electron chi connectivity index (χ1n) is 10.0. The lowest BCUT2D eigenvalue weighted by Crippen LogP contribution is -2.42. The third kappa shape index (κ3) is 4.68. The van der Waals surface area contributed by atoms with E-state index in [2.05, 4.69) is 5.32 Å². The Balaban J connectivity index is 1.97. The van der Waals surface area contributed by atoms with E-state index in [1.54, 1.807) is 0 Å². The number of carbonyl (C=O) groups is 1. The molecule has 0 bridgehead atoms. The summed E-state index contributed by atoms with van der Waals surface area (Å²) in [6.45, 7) is 2.25. The second-order valence-corrected chi connectivity index (χ2v) is 9.28. The van der Waals surface area contributed by atoms with Crippen molar-refractivity contribution in [2.45, 2.75) is 37.1 Å². The summed E-state index contributed by atoms with van der Waals surface area (Å²) in [6, 6.07) is 7.74. The van der Waals surface area contributed by atoms with Gasteiger partial charge in [0.2, 0.25) is 10.0 Å². The molecule has 0 spiro atoms. The summed E-state index contributed by atoms with van der Waals surface area (Å²) in [5.74, 6) is -0.283. The second-order valence-electron chi connectivity index (χ2n) is 7.42. The number of amides is 1. The number of piperidine rings is 1. The molecular formula is C21H25N3O7S. The number of nitro groups is 1. The van der Waals surface area contributed by atoms with Crippen molar-refractivity contribution in [3.63, 3.8) is 0 Å². The molecule has 10 nitrogen and oxygen atoms in total. The number of benzene rings is 2. The van der Waals surface area contributed by atoms with Gasteiger partial charge in [-0.05, 0) is 44.0 Å². The fraction of sp³-hybridized carbons (Fsp3) is 0.381. The maximum Gasteiger partial charge on any atom is 0.271 e. The lowest BCUT2D eigenvalue weighted by molar-refractivity contribution is -0.384. The number of sulfonamides is 1. The Kier molecular flexibility index (Phi) is 6.99. The van der Waals surface area contributed by atoms with Crippen LogP contribution in [0.3, 0.4) is 0 Å². The van der Waals surface area contributed by atoms with Gasteiger partial charge in [0.25, 0.3) is 11.6 Å². The van der Waals surface area contributed by atoms with Crippen molar-refractivity contribution < 1.29 is 27.6 Å². The summed E-state index contributed by atoms with van der Waals surface area (Å²) in [4.78, 5) is 23.3. The second kappa shape index (κ2) is 9.53. The standard InChI is InChI=1S/C21H25N3O7S/c1-14-6-4-5-11-23(14)32(28,29)20-12-15(7-9-19(20)31-3)21(25)22-17-13-16(24(26)27)8-10-18(17)30-2/h7-10,12-14H,4-6,11H2,1-3H3,(H,22,25). The number of hydrogen-bond acceptors (Lipinski definition) is 7. The van der Waals surface area contributed by atoms with Crippen LogP contribution in [0, 0.1) is 10.1 Å². The van der Waals surface area contributed by atoms with Crippen molar-refractivity contribution in [3.05, 3.63) is 52.1 Å².